The van der Waals surface area contributed by atoms with Crippen molar-refractivity contribution in [2.75, 3.05) is 11.9 Å². The Labute approximate surface area is 223 Å². The van der Waals surface area contributed by atoms with Gasteiger partial charge in [-0.15, -0.1) is 0 Å². The Hall–Kier alpha value is -5.02. The first kappa shape index (κ1) is 20.0. The van der Waals surface area contributed by atoms with Crippen molar-refractivity contribution in [3.05, 3.63) is 103 Å². The lowest BCUT2D eigenvalue weighted by Crippen LogP contribution is -1.96. The molecule has 0 bridgehead atoms. The van der Waals surface area contributed by atoms with Gasteiger partial charge in [0.15, 0.2) is 0 Å². The predicted octanol–water partition coefficient (Wildman–Crippen LogP) is 9.54. The highest BCUT2D eigenvalue weighted by Gasteiger charge is 2.27. The maximum atomic E-state index is 3.86. The molecule has 7 aromatic carbocycles. The van der Waals surface area contributed by atoms with Gasteiger partial charge in [0.1, 0.15) is 0 Å². The summed E-state index contributed by atoms with van der Waals surface area (Å²) in [6, 6.07) is 31.4. The van der Waals surface area contributed by atoms with E-state index in [4.69, 9.17) is 0 Å². The SMILES string of the molecule is c1ccc2c(c1)c1c(c3c2c2c4[nH]ccc4c4ccccc4c2c2c4[nH]ccc4c4ccccc4c32)NCC1. The number of H-pyrrole nitrogens is 2. The number of benzene rings is 7. The molecule has 0 spiro atoms. The maximum absolute atomic E-state index is 3.86. The van der Waals surface area contributed by atoms with Gasteiger partial charge in [-0.1, -0.05) is 72.8 Å². The third-order valence-electron chi connectivity index (χ3n) is 9.22. The fourth-order valence-corrected chi connectivity index (χ4v) is 7.80. The fourth-order valence-electron chi connectivity index (χ4n) is 7.80. The molecule has 1 aliphatic heterocycles. The standard InChI is InChI=1S/C36H23N3/c1-4-10-22-19(7-1)25-13-16-37-34(25)31-28(22)32-30(24-12-6-3-9-21(24)26-14-17-38-35(26)32)33-29(31)23-11-5-2-8-20(23)27-15-18-39-36(27)33/h1-14,16-17,37-39H,15,18H2. The number of fused-ring (bicyclic) bond motifs is 21. The molecule has 0 radical (unpaired) electrons. The van der Waals surface area contributed by atoms with Gasteiger partial charge in [0.05, 0.1) is 11.0 Å². The van der Waals surface area contributed by atoms with Gasteiger partial charge in [0.25, 0.3) is 0 Å². The van der Waals surface area contributed by atoms with Crippen molar-refractivity contribution >= 4 is 92.1 Å². The maximum Gasteiger partial charge on any atom is 0.0546 e. The fraction of sp³-hybridized carbons (Fsp3) is 0.0556. The molecule has 0 saturated heterocycles. The summed E-state index contributed by atoms with van der Waals surface area (Å²) >= 11 is 0. The summed E-state index contributed by atoms with van der Waals surface area (Å²) in [5.41, 5.74) is 5.18. The molecule has 0 atom stereocenters. The van der Waals surface area contributed by atoms with Gasteiger partial charge in [0, 0.05) is 67.7 Å². The molecule has 2 aromatic heterocycles. The Morgan fingerprint density at radius 2 is 0.872 bits per heavy atom. The second kappa shape index (κ2) is 6.89. The molecule has 0 saturated carbocycles. The number of nitrogens with one attached hydrogen (secondary N) is 3. The van der Waals surface area contributed by atoms with Crippen molar-refractivity contribution in [2.45, 2.75) is 6.42 Å². The van der Waals surface area contributed by atoms with Crippen molar-refractivity contribution < 1.29 is 0 Å². The zero-order valence-corrected chi connectivity index (χ0v) is 21.2. The van der Waals surface area contributed by atoms with E-state index in [1.165, 1.54) is 97.7 Å². The van der Waals surface area contributed by atoms with E-state index in [0.717, 1.165) is 13.0 Å². The van der Waals surface area contributed by atoms with Crippen LogP contribution in [0.3, 0.4) is 0 Å². The van der Waals surface area contributed by atoms with Crippen LogP contribution in [0.4, 0.5) is 5.69 Å². The molecule has 3 heteroatoms. The predicted molar refractivity (Wildman–Crippen MR) is 167 cm³/mol. The number of hydrogen-bond donors (Lipinski definition) is 3. The van der Waals surface area contributed by atoms with Crippen molar-refractivity contribution in [3.8, 4) is 0 Å². The highest BCUT2D eigenvalue weighted by Crippen LogP contribution is 2.53. The Bertz CT molecular complexity index is 2460. The molecule has 10 rings (SSSR count). The van der Waals surface area contributed by atoms with E-state index in [0.29, 0.717) is 0 Å². The van der Waals surface area contributed by atoms with Crippen LogP contribution >= 0.6 is 0 Å². The van der Waals surface area contributed by atoms with Gasteiger partial charge in [-0.05, 0) is 56.4 Å². The average molecular weight is 498 g/mol. The van der Waals surface area contributed by atoms with E-state index in [9.17, 15) is 0 Å². The van der Waals surface area contributed by atoms with Crippen LogP contribution in [0.1, 0.15) is 5.56 Å². The molecule has 0 unspecified atom stereocenters. The lowest BCUT2D eigenvalue weighted by molar-refractivity contribution is 1.11. The lowest BCUT2D eigenvalue weighted by Gasteiger charge is -2.21. The van der Waals surface area contributed by atoms with E-state index < -0.39 is 0 Å². The molecule has 0 amide bonds. The molecule has 0 fully saturated rings. The smallest absolute Gasteiger partial charge is 0.0546 e. The summed E-state index contributed by atoms with van der Waals surface area (Å²) in [5, 5.41) is 22.3. The minimum atomic E-state index is 0.969. The molecule has 39 heavy (non-hydrogen) atoms. The van der Waals surface area contributed by atoms with Crippen LogP contribution in [0.15, 0.2) is 97.3 Å². The minimum Gasteiger partial charge on any atom is -0.384 e. The average Bonchev–Trinajstić information content (AvgIpc) is 3.77. The van der Waals surface area contributed by atoms with Gasteiger partial charge < -0.3 is 15.3 Å². The zero-order valence-electron chi connectivity index (χ0n) is 21.2. The van der Waals surface area contributed by atoms with Crippen LogP contribution in [0.2, 0.25) is 0 Å². The van der Waals surface area contributed by atoms with E-state index in [2.05, 4.69) is 113 Å². The first-order chi connectivity index (χ1) is 19.4. The second-order valence-electron chi connectivity index (χ2n) is 10.9. The first-order valence-electron chi connectivity index (χ1n) is 13.8. The molecule has 0 aliphatic carbocycles. The van der Waals surface area contributed by atoms with Gasteiger partial charge in [0.2, 0.25) is 0 Å². The summed E-state index contributed by atoms with van der Waals surface area (Å²) in [4.78, 5) is 7.38. The molecular weight excluding hydrogens is 474 g/mol. The first-order valence-corrected chi connectivity index (χ1v) is 13.8. The van der Waals surface area contributed by atoms with Crippen molar-refractivity contribution in [1.82, 2.24) is 9.97 Å². The molecule has 182 valence electrons. The van der Waals surface area contributed by atoms with E-state index >= 15 is 0 Å². The van der Waals surface area contributed by atoms with Crippen molar-refractivity contribution in [3.63, 3.8) is 0 Å². The highest BCUT2D eigenvalue weighted by atomic mass is 14.9. The normalized spacial score (nSPS) is 13.6. The molecule has 3 nitrogen and oxygen atoms in total. The summed E-state index contributed by atoms with van der Waals surface area (Å²) in [7, 11) is 0. The van der Waals surface area contributed by atoms with Crippen LogP contribution in [0.5, 0.6) is 0 Å². The molecule has 9 aromatic rings. The van der Waals surface area contributed by atoms with Crippen LogP contribution in [0, 0.1) is 0 Å². The Morgan fingerprint density at radius 1 is 0.410 bits per heavy atom. The molecule has 3 heterocycles. The van der Waals surface area contributed by atoms with Crippen LogP contribution in [0.25, 0.3) is 86.4 Å². The van der Waals surface area contributed by atoms with Crippen molar-refractivity contribution in [2.24, 2.45) is 0 Å². The Morgan fingerprint density at radius 3 is 1.44 bits per heavy atom. The lowest BCUT2D eigenvalue weighted by atomic mass is 9.83. The third kappa shape index (κ3) is 2.27. The van der Waals surface area contributed by atoms with Crippen molar-refractivity contribution in [1.29, 1.82) is 0 Å². The summed E-state index contributed by atoms with van der Waals surface area (Å²) in [5.74, 6) is 0. The topological polar surface area (TPSA) is 43.6 Å². The zero-order chi connectivity index (χ0) is 25.2. The van der Waals surface area contributed by atoms with Gasteiger partial charge >= 0.3 is 0 Å². The number of hydrogen-bond acceptors (Lipinski definition) is 1. The Kier molecular flexibility index (Phi) is 3.53. The van der Waals surface area contributed by atoms with E-state index in [-0.39, 0.29) is 0 Å². The van der Waals surface area contributed by atoms with Crippen LogP contribution in [-0.4, -0.2) is 16.5 Å². The highest BCUT2D eigenvalue weighted by molar-refractivity contribution is 6.49. The van der Waals surface area contributed by atoms with E-state index in [1.807, 2.05) is 0 Å². The Balaban J connectivity index is 1.74. The number of rotatable bonds is 0. The van der Waals surface area contributed by atoms with Gasteiger partial charge in [-0.2, -0.15) is 0 Å². The quantitative estimate of drug-likeness (QED) is 0.179. The summed E-state index contributed by atoms with van der Waals surface area (Å²) in [6.07, 6.45) is 5.25. The van der Waals surface area contributed by atoms with Gasteiger partial charge in [-0.25, -0.2) is 0 Å². The third-order valence-corrected chi connectivity index (χ3v) is 9.22. The van der Waals surface area contributed by atoms with Crippen LogP contribution < -0.4 is 5.32 Å². The van der Waals surface area contributed by atoms with E-state index in [1.54, 1.807) is 0 Å². The molecule has 3 N–H and O–H groups in total. The monoisotopic (exact) mass is 497 g/mol. The molecule has 1 aliphatic rings. The second-order valence-corrected chi connectivity index (χ2v) is 10.9. The number of aromatic amines is 2. The van der Waals surface area contributed by atoms with Crippen LogP contribution in [-0.2, 0) is 6.42 Å². The number of anilines is 1. The largest absolute Gasteiger partial charge is 0.384 e. The summed E-state index contributed by atoms with van der Waals surface area (Å²) in [6.45, 7) is 0.969. The summed E-state index contributed by atoms with van der Waals surface area (Å²) < 4.78 is 0. The molecular formula is C36H23N3. The number of aromatic nitrogens is 2. The van der Waals surface area contributed by atoms with Gasteiger partial charge in [-0.3, -0.25) is 0 Å². The minimum absolute atomic E-state index is 0.969.